The predicted molar refractivity (Wildman–Crippen MR) is 76.0 cm³/mol. The summed E-state index contributed by atoms with van der Waals surface area (Å²) in [7, 11) is 3.01. The second-order valence-electron chi connectivity index (χ2n) is 4.88. The Hall–Kier alpha value is -1.75. The van der Waals surface area contributed by atoms with Gasteiger partial charge in [0.1, 0.15) is 11.3 Å². The van der Waals surface area contributed by atoms with Crippen LogP contribution in [0.2, 0.25) is 0 Å². The Morgan fingerprint density at radius 1 is 1.35 bits per heavy atom. The third kappa shape index (κ3) is 2.72. The Morgan fingerprint density at radius 2 is 2.05 bits per heavy atom. The van der Waals surface area contributed by atoms with E-state index < -0.39 is 5.54 Å². The summed E-state index contributed by atoms with van der Waals surface area (Å²) in [5, 5.41) is 3.27. The lowest BCUT2D eigenvalue weighted by Gasteiger charge is -2.45. The van der Waals surface area contributed by atoms with E-state index in [9.17, 15) is 4.79 Å². The number of benzene rings is 1. The predicted octanol–water partition coefficient (Wildman–Crippen LogP) is 2.22. The smallest absolute Gasteiger partial charge is 0.331 e. The fraction of sp³-hybridized carbons (Fsp3) is 0.533. The van der Waals surface area contributed by atoms with Crippen LogP contribution >= 0.6 is 0 Å². The molecule has 1 N–H and O–H groups in total. The molecule has 0 atom stereocenters. The Morgan fingerprint density at radius 3 is 2.65 bits per heavy atom. The minimum absolute atomic E-state index is 0.0984. The molecule has 1 saturated carbocycles. The molecule has 0 saturated heterocycles. The second-order valence-corrected chi connectivity index (χ2v) is 4.88. The van der Waals surface area contributed by atoms with Crippen LogP contribution in [0.4, 0.5) is 5.69 Å². The highest BCUT2D eigenvalue weighted by atomic mass is 16.5. The van der Waals surface area contributed by atoms with Gasteiger partial charge in [0.15, 0.2) is 0 Å². The molecule has 5 nitrogen and oxygen atoms in total. The Kier molecular flexibility index (Phi) is 4.49. The van der Waals surface area contributed by atoms with Gasteiger partial charge in [0.25, 0.3) is 0 Å². The van der Waals surface area contributed by atoms with Crippen LogP contribution in [0.15, 0.2) is 24.3 Å². The average molecular weight is 279 g/mol. The van der Waals surface area contributed by atoms with Gasteiger partial charge in [0.2, 0.25) is 0 Å². The molecule has 0 aliphatic heterocycles. The fourth-order valence-corrected chi connectivity index (χ4v) is 2.59. The van der Waals surface area contributed by atoms with E-state index in [1.807, 2.05) is 31.2 Å². The minimum Gasteiger partial charge on any atom is -0.495 e. The summed E-state index contributed by atoms with van der Waals surface area (Å²) >= 11 is 0. The number of anilines is 1. The number of carbonyl (C=O) groups excluding carboxylic acids is 1. The van der Waals surface area contributed by atoms with Gasteiger partial charge in [-0.3, -0.25) is 0 Å². The first-order valence-corrected chi connectivity index (χ1v) is 6.76. The zero-order valence-corrected chi connectivity index (χ0v) is 12.1. The van der Waals surface area contributed by atoms with E-state index in [2.05, 4.69) is 5.32 Å². The lowest BCUT2D eigenvalue weighted by atomic mass is 9.73. The highest BCUT2D eigenvalue weighted by molar-refractivity contribution is 5.86. The molecule has 1 aromatic rings. The van der Waals surface area contributed by atoms with Crippen LogP contribution in [0.25, 0.3) is 0 Å². The molecule has 0 aromatic heterocycles. The Bertz CT molecular complexity index is 469. The molecule has 1 aromatic carbocycles. The summed E-state index contributed by atoms with van der Waals surface area (Å²) < 4.78 is 15.8. The van der Waals surface area contributed by atoms with Gasteiger partial charge in [0, 0.05) is 19.4 Å². The molecular weight excluding hydrogens is 258 g/mol. The topological polar surface area (TPSA) is 56.8 Å². The van der Waals surface area contributed by atoms with Crippen molar-refractivity contribution < 1.29 is 19.0 Å². The van der Waals surface area contributed by atoms with Crippen molar-refractivity contribution in [3.63, 3.8) is 0 Å². The number of esters is 1. The standard InChI is InChI=1S/C15H21NO4/c1-4-20-11-9-15(10-11,14(17)19-3)16-12-7-5-6-8-13(12)18-2/h5-8,11,16H,4,9-10H2,1-3H3. The van der Waals surface area contributed by atoms with Crippen molar-refractivity contribution in [2.75, 3.05) is 26.1 Å². The lowest BCUT2D eigenvalue weighted by Crippen LogP contribution is -2.59. The number of carbonyl (C=O) groups is 1. The van der Waals surface area contributed by atoms with Crippen LogP contribution in [-0.2, 0) is 14.3 Å². The number of hydrogen-bond donors (Lipinski definition) is 1. The van der Waals surface area contributed by atoms with Gasteiger partial charge < -0.3 is 19.5 Å². The van der Waals surface area contributed by atoms with Crippen LogP contribution in [0.3, 0.4) is 0 Å². The molecule has 2 rings (SSSR count). The normalized spacial score (nSPS) is 24.6. The van der Waals surface area contributed by atoms with Crippen LogP contribution < -0.4 is 10.1 Å². The monoisotopic (exact) mass is 279 g/mol. The molecule has 0 spiro atoms. The van der Waals surface area contributed by atoms with Crippen LogP contribution in [0, 0.1) is 0 Å². The Balaban J connectivity index is 2.16. The third-order valence-electron chi connectivity index (χ3n) is 3.61. The van der Waals surface area contributed by atoms with E-state index in [0.29, 0.717) is 25.2 Å². The summed E-state index contributed by atoms with van der Waals surface area (Å²) in [5.74, 6) is 0.440. The zero-order chi connectivity index (χ0) is 14.6. The molecule has 0 amide bonds. The van der Waals surface area contributed by atoms with Crippen molar-refractivity contribution >= 4 is 11.7 Å². The first-order valence-electron chi connectivity index (χ1n) is 6.76. The molecule has 0 unspecified atom stereocenters. The molecule has 0 heterocycles. The summed E-state index contributed by atoms with van der Waals surface area (Å²) in [5.41, 5.74) is 0.0683. The number of methoxy groups -OCH3 is 2. The van der Waals surface area contributed by atoms with Crippen LogP contribution in [0.5, 0.6) is 5.75 Å². The van der Waals surface area contributed by atoms with Gasteiger partial charge >= 0.3 is 5.97 Å². The third-order valence-corrected chi connectivity index (χ3v) is 3.61. The molecule has 1 aliphatic rings. The Labute approximate surface area is 119 Å². The van der Waals surface area contributed by atoms with Crippen molar-refractivity contribution in [2.45, 2.75) is 31.4 Å². The highest BCUT2D eigenvalue weighted by Gasteiger charge is 2.52. The number of ether oxygens (including phenoxy) is 3. The molecule has 1 fully saturated rings. The van der Waals surface area contributed by atoms with E-state index in [-0.39, 0.29) is 12.1 Å². The van der Waals surface area contributed by atoms with Crippen molar-refractivity contribution in [1.82, 2.24) is 0 Å². The van der Waals surface area contributed by atoms with Crippen LogP contribution in [-0.4, -0.2) is 38.4 Å². The van der Waals surface area contributed by atoms with E-state index in [4.69, 9.17) is 14.2 Å². The SMILES string of the molecule is CCOC1CC(Nc2ccccc2OC)(C(=O)OC)C1. The molecule has 110 valence electrons. The highest BCUT2D eigenvalue weighted by Crippen LogP contribution is 2.40. The first kappa shape index (κ1) is 14.7. The van der Waals surface area contributed by atoms with Gasteiger partial charge in [-0.25, -0.2) is 4.79 Å². The maximum Gasteiger partial charge on any atom is 0.331 e. The number of para-hydroxylation sites is 2. The molecule has 0 bridgehead atoms. The first-order chi connectivity index (χ1) is 9.65. The fourth-order valence-electron chi connectivity index (χ4n) is 2.59. The maximum atomic E-state index is 12.1. The molecule has 1 aliphatic carbocycles. The van der Waals surface area contributed by atoms with Gasteiger partial charge in [-0.15, -0.1) is 0 Å². The van der Waals surface area contributed by atoms with Crippen LogP contribution in [0.1, 0.15) is 19.8 Å². The van der Waals surface area contributed by atoms with E-state index in [0.717, 1.165) is 5.69 Å². The molecule has 0 radical (unpaired) electrons. The van der Waals surface area contributed by atoms with E-state index >= 15 is 0 Å². The molecule has 5 heteroatoms. The largest absolute Gasteiger partial charge is 0.495 e. The molecular formula is C15H21NO4. The van der Waals surface area contributed by atoms with E-state index in [1.165, 1.54) is 7.11 Å². The number of rotatable bonds is 6. The number of hydrogen-bond acceptors (Lipinski definition) is 5. The van der Waals surface area contributed by atoms with Gasteiger partial charge in [-0.05, 0) is 19.1 Å². The zero-order valence-electron chi connectivity index (χ0n) is 12.1. The van der Waals surface area contributed by atoms with Crippen molar-refractivity contribution in [3.8, 4) is 5.75 Å². The maximum absolute atomic E-state index is 12.1. The average Bonchev–Trinajstić information content (AvgIpc) is 2.44. The second kappa shape index (κ2) is 6.13. The van der Waals surface area contributed by atoms with Crippen molar-refractivity contribution in [2.24, 2.45) is 0 Å². The summed E-state index contributed by atoms with van der Waals surface area (Å²) in [4.78, 5) is 12.1. The molecule has 20 heavy (non-hydrogen) atoms. The minimum atomic E-state index is -0.719. The summed E-state index contributed by atoms with van der Waals surface area (Å²) in [6.45, 7) is 2.60. The summed E-state index contributed by atoms with van der Waals surface area (Å²) in [6.07, 6.45) is 1.30. The van der Waals surface area contributed by atoms with E-state index in [1.54, 1.807) is 7.11 Å². The van der Waals surface area contributed by atoms with Gasteiger partial charge in [0.05, 0.1) is 26.0 Å². The van der Waals surface area contributed by atoms with Crippen molar-refractivity contribution in [1.29, 1.82) is 0 Å². The lowest BCUT2D eigenvalue weighted by molar-refractivity contribution is -0.155. The van der Waals surface area contributed by atoms with Gasteiger partial charge in [-0.2, -0.15) is 0 Å². The van der Waals surface area contributed by atoms with Crippen molar-refractivity contribution in [3.05, 3.63) is 24.3 Å². The quantitative estimate of drug-likeness (QED) is 0.809. The number of nitrogens with one attached hydrogen (secondary N) is 1. The summed E-state index contributed by atoms with van der Waals surface area (Å²) in [6, 6.07) is 7.52. The van der Waals surface area contributed by atoms with Gasteiger partial charge in [-0.1, -0.05) is 12.1 Å².